The first-order chi connectivity index (χ1) is 53.2. The molecule has 670 valence electrons. The fourth-order valence-electron chi connectivity index (χ4n) is 10.8. The lowest BCUT2D eigenvalue weighted by Crippen LogP contribution is -2.40. The quantitative estimate of drug-likeness (QED) is 0.0195. The van der Waals surface area contributed by atoms with Gasteiger partial charge in [-0.15, -0.1) is 0 Å². The van der Waals surface area contributed by atoms with Crippen LogP contribution in [0.25, 0.3) is 0 Å². The van der Waals surface area contributed by atoms with E-state index in [0.717, 1.165) is 165 Å². The maximum Gasteiger partial charge on any atom is 0.333 e. The highest BCUT2D eigenvalue weighted by Crippen LogP contribution is 2.22. The summed E-state index contributed by atoms with van der Waals surface area (Å²) in [4.78, 5) is 69.8. The van der Waals surface area contributed by atoms with Crippen LogP contribution in [0.3, 0.4) is 0 Å². The molecule has 0 bridgehead atoms. The summed E-state index contributed by atoms with van der Waals surface area (Å²) >= 11 is 0. The fourth-order valence-corrected chi connectivity index (χ4v) is 44.7. The van der Waals surface area contributed by atoms with Gasteiger partial charge in [-0.25, -0.2) is 24.0 Å². The molecule has 114 heavy (non-hydrogen) atoms. The monoisotopic (exact) mass is 1790 g/mol. The highest BCUT2D eigenvalue weighted by atomic mass is 28.4. The maximum absolute atomic E-state index is 11.7. The van der Waals surface area contributed by atoms with Crippen LogP contribution in [-0.2, 0) is 106 Å². The van der Waals surface area contributed by atoms with E-state index in [-0.39, 0.29) is 43.7 Å². The standard InChI is InChI=1S/C17H36O6Si2.C16H31NO4Si2.2C16H34O5Si2.C14H30O4Si2/c1-7-20-10-12-25(5,6)23-24(4)11-8-9-21-13-16(18)14-22-17(19)15(2)3;1-14(2)16(19)20-11-7-12-22(3)21-23(4,5)13-10-17-9-6-8-15(17)18;1-15(2)16(17)20-10-7-13-22(4)21-23(5,6)14-8-9-19-12-11-18-3;1-7-18-12-14-23(5,6)21-22(4)13-8-9-19-10-11-20-16(17)15(2)3;1-7-16-10-12-20(5,6)18-19(4)11-8-9-17-14(15)13(2)3/h16,18,24H,2,7-14H2,1,3-6H3;22H,1,6-13H2,2-5H3;22H,1,7-14H2,2-6H3;22H,2,7-14H2,1,3-6H3;19H,2,7-12H2,1,3-6H3. The normalized spacial score (nSPS) is 13.9. The van der Waals surface area contributed by atoms with Gasteiger partial charge in [0, 0.05) is 114 Å². The Balaban J connectivity index is -0.000000664. The number of nitrogens with zero attached hydrogens (tertiary/aromatic N) is 1. The molecule has 1 fully saturated rings. The number of carbonyl (C=O) groups is 6. The first-order valence-electron chi connectivity index (χ1n) is 41.7. The fraction of sp³-hybridized carbons (Fsp3) is 0.797. The molecule has 0 aromatic rings. The minimum atomic E-state index is -1.72. The van der Waals surface area contributed by atoms with Crippen LogP contribution in [-0.4, -0.2) is 278 Å². The molecule has 0 saturated carbocycles. The highest BCUT2D eigenvalue weighted by Gasteiger charge is 2.31. The number of esters is 5. The van der Waals surface area contributed by atoms with Crippen LogP contribution in [0.15, 0.2) is 60.8 Å². The smallest absolute Gasteiger partial charge is 0.333 e. The van der Waals surface area contributed by atoms with Gasteiger partial charge in [-0.2, -0.15) is 0 Å². The molecular formula is C79H165NO24Si10. The Morgan fingerprint density at radius 1 is 0.377 bits per heavy atom. The molecule has 6 unspecified atom stereocenters. The third kappa shape index (κ3) is 76.6. The molecule has 0 radical (unpaired) electrons. The number of hydrogen-bond acceptors (Lipinski definition) is 24. The van der Waals surface area contributed by atoms with Gasteiger partial charge >= 0.3 is 29.8 Å². The number of hydrogen-bond donors (Lipinski definition) is 1. The van der Waals surface area contributed by atoms with Crippen LogP contribution >= 0.6 is 0 Å². The topological polar surface area (TPSA) is 283 Å². The van der Waals surface area contributed by atoms with Crippen molar-refractivity contribution in [2.45, 2.75) is 272 Å². The van der Waals surface area contributed by atoms with E-state index in [9.17, 15) is 33.9 Å². The van der Waals surface area contributed by atoms with Crippen molar-refractivity contribution >= 4 is 123 Å². The van der Waals surface area contributed by atoms with Gasteiger partial charge in [-0.3, -0.25) is 4.79 Å². The number of methoxy groups -OCH3 is 1. The zero-order valence-electron chi connectivity index (χ0n) is 76.2. The molecule has 35 heteroatoms. The second kappa shape index (κ2) is 70.8. The van der Waals surface area contributed by atoms with Gasteiger partial charge in [0.2, 0.25) is 5.91 Å². The minimum Gasteiger partial charge on any atom is -0.462 e. The van der Waals surface area contributed by atoms with Crippen molar-refractivity contribution in [3.8, 4) is 0 Å². The van der Waals surface area contributed by atoms with Crippen LogP contribution in [0.4, 0.5) is 0 Å². The number of likely N-dealkylation sites (tertiary alicyclic amines) is 1. The van der Waals surface area contributed by atoms with E-state index in [1.165, 1.54) is 0 Å². The lowest BCUT2D eigenvalue weighted by Gasteiger charge is -2.29. The van der Waals surface area contributed by atoms with Gasteiger partial charge in [-0.05, 0) is 259 Å². The number of aliphatic hydroxyl groups excluding tert-OH is 1. The molecule has 0 spiro atoms. The summed E-state index contributed by atoms with van der Waals surface area (Å²) in [6.45, 7) is 77.5. The van der Waals surface area contributed by atoms with E-state index in [4.69, 9.17) is 77.4 Å². The summed E-state index contributed by atoms with van der Waals surface area (Å²) in [6.07, 6.45) is 6.45. The van der Waals surface area contributed by atoms with Crippen molar-refractivity contribution in [3.63, 3.8) is 0 Å². The van der Waals surface area contributed by atoms with E-state index in [1.54, 1.807) is 41.7 Å². The molecule has 1 amide bonds. The second-order valence-electron chi connectivity index (χ2n) is 32.3. The first-order valence-corrected chi connectivity index (χ1v) is 69.5. The minimum absolute atomic E-state index is 0.0699. The largest absolute Gasteiger partial charge is 0.462 e. The number of ether oxygens (including phenoxy) is 12. The molecule has 6 atom stereocenters. The van der Waals surface area contributed by atoms with Crippen LogP contribution in [0.2, 0.25) is 159 Å². The van der Waals surface area contributed by atoms with Crippen LogP contribution in [0, 0.1) is 0 Å². The van der Waals surface area contributed by atoms with Crippen LogP contribution in [0.5, 0.6) is 0 Å². The Morgan fingerprint density at radius 3 is 0.982 bits per heavy atom. The average molecular weight is 1790 g/mol. The van der Waals surface area contributed by atoms with Gasteiger partial charge in [0.25, 0.3) is 0 Å². The van der Waals surface area contributed by atoms with E-state index in [2.05, 4.69) is 131 Å². The molecule has 25 nitrogen and oxygen atoms in total. The molecule has 1 aliphatic rings. The predicted molar refractivity (Wildman–Crippen MR) is 488 cm³/mol. The van der Waals surface area contributed by atoms with Crippen LogP contribution in [0.1, 0.15) is 107 Å². The first kappa shape index (κ1) is 117. The SMILES string of the molecule is C=C(C)C(=O)OCC(O)COCCC[SiH](C)O[Si](C)(C)CCOCC.C=C(C)C(=O)OCCC[SiH](C)O[Si](C)(C)CCCOCCOC.C=C(C)C(=O)OCCC[SiH](C)O[Si](C)(C)CCN1CCCC1=O.C=C(C)C(=O)OCCC[SiH](C)O[Si](C)(C)CCOCC.C=C(C)C(=O)OCCOCCC[SiH](C)O[Si](C)(C)CCOCC. The van der Waals surface area contributed by atoms with Gasteiger partial charge in [-0.1, -0.05) is 32.9 Å². The zero-order chi connectivity index (χ0) is 87.8. The molecule has 1 N–H and O–H groups in total. The average Bonchev–Trinajstić information content (AvgIpc) is 1.81. The molecule has 0 aromatic carbocycles. The van der Waals surface area contributed by atoms with Gasteiger partial charge < -0.3 is 87.4 Å². The van der Waals surface area contributed by atoms with Gasteiger partial charge in [0.15, 0.2) is 86.8 Å². The summed E-state index contributed by atoms with van der Waals surface area (Å²) in [5.74, 6) is -1.48. The summed E-state index contributed by atoms with van der Waals surface area (Å²) in [5.41, 5.74) is 2.08. The van der Waals surface area contributed by atoms with Gasteiger partial charge in [0.05, 0.1) is 46.2 Å². The van der Waals surface area contributed by atoms with Crippen molar-refractivity contribution in [2.24, 2.45) is 0 Å². The lowest BCUT2D eigenvalue weighted by atomic mass is 10.3. The number of rotatable bonds is 64. The van der Waals surface area contributed by atoms with Crippen molar-refractivity contribution < 1.29 is 111 Å². The van der Waals surface area contributed by atoms with Crippen LogP contribution < -0.4 is 0 Å². The van der Waals surface area contributed by atoms with Crippen molar-refractivity contribution in [1.82, 2.24) is 4.90 Å². The summed E-state index contributed by atoms with van der Waals surface area (Å²) in [6, 6.07) is 10.5. The van der Waals surface area contributed by atoms with E-state index >= 15 is 0 Å². The predicted octanol–water partition coefficient (Wildman–Crippen LogP) is 14.5. The van der Waals surface area contributed by atoms with E-state index in [1.807, 2.05) is 25.7 Å². The highest BCUT2D eigenvalue weighted by molar-refractivity contribution is 6.80. The lowest BCUT2D eigenvalue weighted by molar-refractivity contribution is -0.143. The summed E-state index contributed by atoms with van der Waals surface area (Å²) < 4.78 is 94.4. The Hall–Kier alpha value is -2.83. The van der Waals surface area contributed by atoms with Crippen molar-refractivity contribution in [1.29, 1.82) is 0 Å². The number of amides is 1. The zero-order valence-corrected chi connectivity index (χ0v) is 86.9. The number of carbonyl (C=O) groups excluding carboxylic acids is 6. The second-order valence-corrected chi connectivity index (χ2v) is 68.1. The molecule has 1 heterocycles. The van der Waals surface area contributed by atoms with Gasteiger partial charge in [0.1, 0.15) is 19.3 Å². The Bertz CT molecular complexity index is 2630. The third-order valence-electron chi connectivity index (χ3n) is 17.1. The summed E-state index contributed by atoms with van der Waals surface area (Å²) in [5, 5.41) is 9.69. The molecule has 1 aliphatic heterocycles. The molecule has 0 aromatic heterocycles. The Morgan fingerprint density at radius 2 is 0.667 bits per heavy atom. The molecule has 0 aliphatic carbocycles. The molecule has 1 rings (SSSR count). The maximum atomic E-state index is 11.7. The van der Waals surface area contributed by atoms with Crippen molar-refractivity contribution in [2.75, 3.05) is 139 Å². The summed E-state index contributed by atoms with van der Waals surface area (Å²) in [7, 11) is -12.4. The molecule has 1 saturated heterocycles. The molecular weight excluding hydrogens is 1630 g/mol. The van der Waals surface area contributed by atoms with Crippen molar-refractivity contribution in [3.05, 3.63) is 60.8 Å². The number of aliphatic hydroxyl groups is 1. The Kier molecular flexibility index (Phi) is 73.0. The van der Waals surface area contributed by atoms with E-state index < -0.39 is 98.9 Å². The third-order valence-corrected chi connectivity index (χ3v) is 51.2. The van der Waals surface area contributed by atoms with E-state index in [0.29, 0.717) is 93.0 Å². The Labute approximate surface area is 705 Å².